The summed E-state index contributed by atoms with van der Waals surface area (Å²) in [6.45, 7) is 1.38. The number of aliphatic hydroxyl groups is 1. The van der Waals surface area contributed by atoms with Gasteiger partial charge in [0, 0.05) is 26.7 Å². The number of rotatable bonds is 2. The molecule has 1 atom stereocenters. The highest BCUT2D eigenvalue weighted by atomic mass is 16.5. The van der Waals surface area contributed by atoms with E-state index in [9.17, 15) is 5.11 Å². The molecule has 1 unspecified atom stereocenters. The zero-order valence-corrected chi connectivity index (χ0v) is 9.02. The maximum absolute atomic E-state index is 10.4. The standard InChI is InChI=1S/C10H17N3O2/c1-13-9(11-8-12-13)7-10(14)3-2-5-15-6-4-10/h8,14H,2-7H2,1H3. The summed E-state index contributed by atoms with van der Waals surface area (Å²) in [5.74, 6) is 0.833. The maximum atomic E-state index is 10.4. The minimum atomic E-state index is -0.669. The Morgan fingerprint density at radius 1 is 1.53 bits per heavy atom. The number of hydrogen-bond donors (Lipinski definition) is 1. The fraction of sp³-hybridized carbons (Fsp3) is 0.800. The Morgan fingerprint density at radius 3 is 3.13 bits per heavy atom. The Bertz CT molecular complexity index is 316. The molecule has 0 aromatic carbocycles. The van der Waals surface area contributed by atoms with E-state index in [0.717, 1.165) is 25.3 Å². The molecule has 0 spiro atoms. The first-order valence-corrected chi connectivity index (χ1v) is 5.33. The molecule has 1 aliphatic rings. The van der Waals surface area contributed by atoms with E-state index in [0.29, 0.717) is 19.4 Å². The van der Waals surface area contributed by atoms with Crippen LogP contribution in [0, 0.1) is 0 Å². The van der Waals surface area contributed by atoms with Gasteiger partial charge in [0.15, 0.2) is 0 Å². The van der Waals surface area contributed by atoms with Gasteiger partial charge in [0.25, 0.3) is 0 Å². The van der Waals surface area contributed by atoms with Crippen molar-refractivity contribution in [3.05, 3.63) is 12.2 Å². The molecular formula is C10H17N3O2. The van der Waals surface area contributed by atoms with Gasteiger partial charge in [-0.15, -0.1) is 0 Å². The minimum Gasteiger partial charge on any atom is -0.389 e. The summed E-state index contributed by atoms with van der Waals surface area (Å²) >= 11 is 0. The van der Waals surface area contributed by atoms with Gasteiger partial charge in [-0.1, -0.05) is 0 Å². The number of ether oxygens (including phenoxy) is 1. The van der Waals surface area contributed by atoms with Crippen molar-refractivity contribution in [2.45, 2.75) is 31.3 Å². The Labute approximate surface area is 89.1 Å². The third-order valence-electron chi connectivity index (χ3n) is 2.93. The monoisotopic (exact) mass is 211 g/mol. The van der Waals surface area contributed by atoms with Crippen LogP contribution in [-0.2, 0) is 18.2 Å². The molecule has 5 heteroatoms. The Kier molecular flexibility index (Phi) is 3.02. The number of hydrogen-bond acceptors (Lipinski definition) is 4. The van der Waals surface area contributed by atoms with E-state index in [1.807, 2.05) is 7.05 Å². The highest BCUT2D eigenvalue weighted by Gasteiger charge is 2.30. The molecule has 0 saturated carbocycles. The number of aromatic nitrogens is 3. The molecule has 84 valence electrons. The van der Waals surface area contributed by atoms with E-state index in [4.69, 9.17) is 4.74 Å². The lowest BCUT2D eigenvalue weighted by molar-refractivity contribution is 0.0164. The van der Waals surface area contributed by atoms with Crippen LogP contribution in [0.2, 0.25) is 0 Å². The number of nitrogens with zero attached hydrogens (tertiary/aromatic N) is 3. The fourth-order valence-electron chi connectivity index (χ4n) is 1.94. The van der Waals surface area contributed by atoms with Crippen molar-refractivity contribution in [1.29, 1.82) is 0 Å². The molecule has 0 radical (unpaired) electrons. The summed E-state index contributed by atoms with van der Waals surface area (Å²) in [5.41, 5.74) is -0.669. The first-order valence-electron chi connectivity index (χ1n) is 5.33. The Hall–Kier alpha value is -0.940. The summed E-state index contributed by atoms with van der Waals surface area (Å²) in [6, 6.07) is 0. The third kappa shape index (κ3) is 2.54. The molecule has 1 aromatic heterocycles. The molecule has 0 bridgehead atoms. The van der Waals surface area contributed by atoms with Crippen LogP contribution in [0.5, 0.6) is 0 Å². The smallest absolute Gasteiger partial charge is 0.138 e. The largest absolute Gasteiger partial charge is 0.389 e. The van der Waals surface area contributed by atoms with Gasteiger partial charge < -0.3 is 9.84 Å². The quantitative estimate of drug-likeness (QED) is 0.763. The van der Waals surface area contributed by atoms with E-state index >= 15 is 0 Å². The van der Waals surface area contributed by atoms with Crippen LogP contribution >= 0.6 is 0 Å². The van der Waals surface area contributed by atoms with Gasteiger partial charge in [-0.25, -0.2) is 4.98 Å². The second-order valence-corrected chi connectivity index (χ2v) is 4.17. The Morgan fingerprint density at radius 2 is 2.40 bits per heavy atom. The summed E-state index contributed by atoms with van der Waals surface area (Å²) in [7, 11) is 1.85. The highest BCUT2D eigenvalue weighted by Crippen LogP contribution is 2.24. The minimum absolute atomic E-state index is 0.562. The molecule has 1 fully saturated rings. The van der Waals surface area contributed by atoms with Crippen LogP contribution in [0.15, 0.2) is 6.33 Å². The highest BCUT2D eigenvalue weighted by molar-refractivity contribution is 4.94. The van der Waals surface area contributed by atoms with E-state index < -0.39 is 5.60 Å². The molecule has 1 N–H and O–H groups in total. The average Bonchev–Trinajstić information content (AvgIpc) is 2.48. The molecule has 0 aliphatic carbocycles. The summed E-state index contributed by atoms with van der Waals surface area (Å²) in [6.07, 6.45) is 4.45. The molecule has 1 saturated heterocycles. The van der Waals surface area contributed by atoms with Crippen molar-refractivity contribution < 1.29 is 9.84 Å². The lowest BCUT2D eigenvalue weighted by Crippen LogP contribution is -2.33. The molecule has 5 nitrogen and oxygen atoms in total. The predicted octanol–water partition coefficient (Wildman–Crippen LogP) is 0.289. The predicted molar refractivity (Wildman–Crippen MR) is 54.3 cm³/mol. The number of aryl methyl sites for hydroxylation is 1. The van der Waals surface area contributed by atoms with Gasteiger partial charge in [-0.3, -0.25) is 4.68 Å². The molecule has 15 heavy (non-hydrogen) atoms. The van der Waals surface area contributed by atoms with Crippen molar-refractivity contribution in [3.8, 4) is 0 Å². The van der Waals surface area contributed by atoms with Crippen LogP contribution in [0.3, 0.4) is 0 Å². The molecule has 1 aromatic rings. The Balaban J connectivity index is 2.05. The van der Waals surface area contributed by atoms with Gasteiger partial charge in [0.05, 0.1) is 5.60 Å². The van der Waals surface area contributed by atoms with Crippen molar-refractivity contribution >= 4 is 0 Å². The van der Waals surface area contributed by atoms with E-state index in [-0.39, 0.29) is 0 Å². The lowest BCUT2D eigenvalue weighted by atomic mass is 9.91. The summed E-state index contributed by atoms with van der Waals surface area (Å²) < 4.78 is 7.05. The molecule has 2 rings (SSSR count). The molecule has 1 aliphatic heterocycles. The van der Waals surface area contributed by atoms with Crippen molar-refractivity contribution in [2.24, 2.45) is 7.05 Å². The zero-order chi connectivity index (χ0) is 10.7. The SMILES string of the molecule is Cn1ncnc1CC1(O)CCCOCC1. The van der Waals surface area contributed by atoms with Crippen LogP contribution in [0.25, 0.3) is 0 Å². The summed E-state index contributed by atoms with van der Waals surface area (Å²) in [5, 5.41) is 14.4. The van der Waals surface area contributed by atoms with Gasteiger partial charge in [0.1, 0.15) is 12.2 Å². The van der Waals surface area contributed by atoms with Gasteiger partial charge in [0.2, 0.25) is 0 Å². The second-order valence-electron chi connectivity index (χ2n) is 4.17. The zero-order valence-electron chi connectivity index (χ0n) is 9.02. The van der Waals surface area contributed by atoms with Crippen molar-refractivity contribution in [1.82, 2.24) is 14.8 Å². The van der Waals surface area contributed by atoms with Crippen LogP contribution in [0.1, 0.15) is 25.1 Å². The molecule has 2 heterocycles. The van der Waals surface area contributed by atoms with Gasteiger partial charge in [-0.2, -0.15) is 5.10 Å². The normalized spacial score (nSPS) is 27.6. The topological polar surface area (TPSA) is 60.2 Å². The fourth-order valence-corrected chi connectivity index (χ4v) is 1.94. The van der Waals surface area contributed by atoms with Gasteiger partial charge in [-0.05, 0) is 19.3 Å². The molecular weight excluding hydrogens is 194 g/mol. The molecule has 0 amide bonds. The third-order valence-corrected chi connectivity index (χ3v) is 2.93. The maximum Gasteiger partial charge on any atom is 0.138 e. The van der Waals surface area contributed by atoms with E-state index in [1.54, 1.807) is 4.68 Å². The van der Waals surface area contributed by atoms with Gasteiger partial charge >= 0.3 is 0 Å². The van der Waals surface area contributed by atoms with E-state index in [2.05, 4.69) is 10.1 Å². The second kappa shape index (κ2) is 4.28. The van der Waals surface area contributed by atoms with Crippen molar-refractivity contribution in [3.63, 3.8) is 0 Å². The average molecular weight is 211 g/mol. The first kappa shape index (κ1) is 10.6. The summed E-state index contributed by atoms with van der Waals surface area (Å²) in [4.78, 5) is 4.14. The van der Waals surface area contributed by atoms with Crippen LogP contribution < -0.4 is 0 Å². The lowest BCUT2D eigenvalue weighted by Gasteiger charge is -2.25. The van der Waals surface area contributed by atoms with E-state index in [1.165, 1.54) is 6.33 Å². The van der Waals surface area contributed by atoms with Crippen LogP contribution in [0.4, 0.5) is 0 Å². The van der Waals surface area contributed by atoms with Crippen LogP contribution in [-0.4, -0.2) is 38.7 Å². The van der Waals surface area contributed by atoms with Crippen molar-refractivity contribution in [2.75, 3.05) is 13.2 Å². The first-order chi connectivity index (χ1) is 7.20.